The minimum atomic E-state index is 0.519. The van der Waals surface area contributed by atoms with Gasteiger partial charge in [0.05, 0.1) is 36.0 Å². The quantitative estimate of drug-likeness (QED) is 0.793. The number of rotatable bonds is 3. The molecule has 0 spiro atoms. The van der Waals surface area contributed by atoms with Gasteiger partial charge in [-0.3, -0.25) is 0 Å². The highest BCUT2D eigenvalue weighted by molar-refractivity contribution is 7.09. The Morgan fingerprint density at radius 1 is 1.37 bits per heavy atom. The van der Waals surface area contributed by atoms with Crippen LogP contribution in [0.4, 0.5) is 5.82 Å². The lowest BCUT2D eigenvalue weighted by Crippen LogP contribution is -2.02. The van der Waals surface area contributed by atoms with E-state index in [2.05, 4.69) is 19.5 Å². The molecule has 0 fully saturated rings. The van der Waals surface area contributed by atoms with Crippen molar-refractivity contribution < 1.29 is 0 Å². The number of nitrogens with zero attached hydrogens (tertiary/aromatic N) is 4. The molecule has 2 N–H and O–H groups in total. The Morgan fingerprint density at radius 2 is 2.26 bits per heavy atom. The summed E-state index contributed by atoms with van der Waals surface area (Å²) in [4.78, 5) is 13.8. The second-order valence-corrected chi connectivity index (χ2v) is 5.14. The van der Waals surface area contributed by atoms with Gasteiger partial charge in [0, 0.05) is 16.6 Å². The Balaban J connectivity index is 2.00. The van der Waals surface area contributed by atoms with E-state index in [9.17, 15) is 0 Å². The van der Waals surface area contributed by atoms with E-state index in [1.807, 2.05) is 30.8 Å². The highest BCUT2D eigenvalue weighted by Crippen LogP contribution is 2.25. The van der Waals surface area contributed by atoms with E-state index in [1.165, 1.54) is 4.88 Å². The van der Waals surface area contributed by atoms with Gasteiger partial charge in [-0.1, -0.05) is 0 Å². The van der Waals surface area contributed by atoms with E-state index in [0.717, 1.165) is 23.5 Å². The summed E-state index contributed by atoms with van der Waals surface area (Å²) in [6.07, 6.45) is 5.30. The lowest BCUT2D eigenvalue weighted by molar-refractivity contribution is 0.809. The first-order valence-electron chi connectivity index (χ1n) is 5.85. The first kappa shape index (κ1) is 11.9. The van der Waals surface area contributed by atoms with Gasteiger partial charge >= 0.3 is 0 Å². The normalized spacial score (nSPS) is 10.8. The third kappa shape index (κ3) is 2.22. The highest BCUT2D eigenvalue weighted by Gasteiger charge is 2.10. The lowest BCUT2D eigenvalue weighted by atomic mass is 10.2. The number of aromatic nitrogens is 4. The molecule has 0 aromatic carbocycles. The summed E-state index contributed by atoms with van der Waals surface area (Å²) in [7, 11) is 0. The van der Waals surface area contributed by atoms with Gasteiger partial charge in [0.25, 0.3) is 0 Å². The summed E-state index contributed by atoms with van der Waals surface area (Å²) in [5.41, 5.74) is 10.7. The summed E-state index contributed by atoms with van der Waals surface area (Å²) in [6, 6.07) is 3.83. The van der Waals surface area contributed by atoms with Crippen molar-refractivity contribution in [1.82, 2.24) is 19.5 Å². The van der Waals surface area contributed by atoms with Crippen LogP contribution in [0.1, 0.15) is 10.6 Å². The number of pyridine rings is 1. The topological polar surface area (TPSA) is 69.6 Å². The fraction of sp³-hybridized carbons (Fsp3) is 0.154. The molecule has 0 bridgehead atoms. The van der Waals surface area contributed by atoms with Crippen molar-refractivity contribution in [2.24, 2.45) is 0 Å². The van der Waals surface area contributed by atoms with Gasteiger partial charge < -0.3 is 10.3 Å². The molecule has 0 radical (unpaired) electrons. The van der Waals surface area contributed by atoms with Crippen molar-refractivity contribution in [3.05, 3.63) is 46.9 Å². The first-order chi connectivity index (χ1) is 9.25. The van der Waals surface area contributed by atoms with Crippen LogP contribution in [0.5, 0.6) is 0 Å². The summed E-state index contributed by atoms with van der Waals surface area (Å²) in [5, 5.41) is 0. The molecule has 0 saturated carbocycles. The van der Waals surface area contributed by atoms with E-state index in [1.54, 1.807) is 23.9 Å². The zero-order valence-electron chi connectivity index (χ0n) is 10.4. The van der Waals surface area contributed by atoms with Gasteiger partial charge in [-0.2, -0.15) is 0 Å². The van der Waals surface area contributed by atoms with Gasteiger partial charge in [-0.05, 0) is 19.1 Å². The standard InChI is InChI=1S/C13H13N5S/c1-9-12(19-8-17-9)6-18-7-15-5-11(18)10-3-2-4-16-13(10)14/h2-5,7-8H,6H2,1H3,(H2,14,16). The maximum absolute atomic E-state index is 5.92. The average Bonchev–Trinajstić information content (AvgIpc) is 3.01. The molecule has 6 heteroatoms. The molecule has 3 aromatic rings. The van der Waals surface area contributed by atoms with Crippen molar-refractivity contribution in [1.29, 1.82) is 0 Å². The van der Waals surface area contributed by atoms with E-state index in [0.29, 0.717) is 5.82 Å². The van der Waals surface area contributed by atoms with Crippen LogP contribution in [0.3, 0.4) is 0 Å². The van der Waals surface area contributed by atoms with Crippen LogP contribution in [0.15, 0.2) is 36.4 Å². The number of thiazole rings is 1. The monoisotopic (exact) mass is 271 g/mol. The van der Waals surface area contributed by atoms with Gasteiger partial charge in [0.2, 0.25) is 0 Å². The summed E-state index contributed by atoms with van der Waals surface area (Å²) >= 11 is 1.65. The summed E-state index contributed by atoms with van der Waals surface area (Å²) in [5.74, 6) is 0.519. The molecular formula is C13H13N5S. The van der Waals surface area contributed by atoms with Crippen molar-refractivity contribution >= 4 is 17.2 Å². The molecule has 0 aliphatic heterocycles. The number of hydrogen-bond donors (Lipinski definition) is 1. The van der Waals surface area contributed by atoms with Crippen molar-refractivity contribution in [2.45, 2.75) is 13.5 Å². The number of imidazole rings is 1. The number of anilines is 1. The average molecular weight is 271 g/mol. The van der Waals surface area contributed by atoms with E-state index in [-0.39, 0.29) is 0 Å². The Bertz CT molecular complexity index is 700. The van der Waals surface area contributed by atoms with Crippen LogP contribution in [-0.2, 0) is 6.54 Å². The fourth-order valence-electron chi connectivity index (χ4n) is 1.94. The maximum atomic E-state index is 5.92. The smallest absolute Gasteiger partial charge is 0.132 e. The fourth-order valence-corrected chi connectivity index (χ4v) is 2.71. The number of hydrogen-bond acceptors (Lipinski definition) is 5. The Kier molecular flexibility index (Phi) is 3.00. The molecule has 3 aromatic heterocycles. The molecule has 0 amide bonds. The van der Waals surface area contributed by atoms with Gasteiger partial charge in [-0.15, -0.1) is 11.3 Å². The molecule has 5 nitrogen and oxygen atoms in total. The summed E-state index contributed by atoms with van der Waals surface area (Å²) < 4.78 is 2.06. The largest absolute Gasteiger partial charge is 0.383 e. The van der Waals surface area contributed by atoms with Crippen LogP contribution in [0.25, 0.3) is 11.3 Å². The second kappa shape index (κ2) is 4.81. The van der Waals surface area contributed by atoms with Crippen molar-refractivity contribution in [3.63, 3.8) is 0 Å². The first-order valence-corrected chi connectivity index (χ1v) is 6.73. The molecule has 19 heavy (non-hydrogen) atoms. The minimum absolute atomic E-state index is 0.519. The molecule has 96 valence electrons. The SMILES string of the molecule is Cc1ncsc1Cn1cncc1-c1cccnc1N. The Morgan fingerprint density at radius 3 is 3.00 bits per heavy atom. The zero-order valence-corrected chi connectivity index (χ0v) is 11.3. The third-order valence-corrected chi connectivity index (χ3v) is 3.91. The van der Waals surface area contributed by atoms with Gasteiger partial charge in [0.15, 0.2) is 0 Å². The zero-order chi connectivity index (χ0) is 13.2. The van der Waals surface area contributed by atoms with Gasteiger partial charge in [-0.25, -0.2) is 15.0 Å². The molecule has 0 saturated heterocycles. The van der Waals surface area contributed by atoms with Crippen molar-refractivity contribution in [2.75, 3.05) is 5.73 Å². The maximum Gasteiger partial charge on any atom is 0.132 e. The lowest BCUT2D eigenvalue weighted by Gasteiger charge is -2.08. The molecule has 0 aliphatic carbocycles. The van der Waals surface area contributed by atoms with Gasteiger partial charge in [0.1, 0.15) is 5.82 Å². The van der Waals surface area contributed by atoms with Crippen LogP contribution in [0.2, 0.25) is 0 Å². The van der Waals surface area contributed by atoms with Crippen LogP contribution < -0.4 is 5.73 Å². The second-order valence-electron chi connectivity index (χ2n) is 4.20. The van der Waals surface area contributed by atoms with E-state index >= 15 is 0 Å². The molecule has 0 unspecified atom stereocenters. The molecule has 3 heterocycles. The number of nitrogen functional groups attached to an aromatic ring is 1. The Hall–Kier alpha value is -2.21. The molecule has 0 aliphatic rings. The summed E-state index contributed by atoms with van der Waals surface area (Å²) in [6.45, 7) is 2.76. The van der Waals surface area contributed by atoms with E-state index in [4.69, 9.17) is 5.73 Å². The van der Waals surface area contributed by atoms with E-state index < -0.39 is 0 Å². The molecular weight excluding hydrogens is 258 g/mol. The van der Waals surface area contributed by atoms with Crippen LogP contribution in [0, 0.1) is 6.92 Å². The number of nitrogens with two attached hydrogens (primary N) is 1. The predicted octanol–water partition coefficient (Wildman–Crippen LogP) is 2.34. The number of aryl methyl sites for hydroxylation is 1. The Labute approximate surface area is 114 Å². The highest BCUT2D eigenvalue weighted by atomic mass is 32.1. The molecule has 0 atom stereocenters. The molecule has 3 rings (SSSR count). The van der Waals surface area contributed by atoms with Crippen molar-refractivity contribution in [3.8, 4) is 11.3 Å². The predicted molar refractivity (Wildman–Crippen MR) is 75.8 cm³/mol. The third-order valence-electron chi connectivity index (χ3n) is 2.99. The minimum Gasteiger partial charge on any atom is -0.383 e. The van der Waals surface area contributed by atoms with Crippen LogP contribution in [-0.4, -0.2) is 19.5 Å². The van der Waals surface area contributed by atoms with Crippen LogP contribution >= 0.6 is 11.3 Å².